The van der Waals surface area contributed by atoms with Gasteiger partial charge >= 0.3 is 6.03 Å². The van der Waals surface area contributed by atoms with Crippen molar-refractivity contribution in [1.29, 1.82) is 0 Å². The number of hydrogen-bond donors (Lipinski definition) is 2. The molecule has 2 aliphatic rings. The molecule has 2 aromatic rings. The Bertz CT molecular complexity index is 1180. The number of para-hydroxylation sites is 2. The first-order valence-electron chi connectivity index (χ1n) is 10.2. The van der Waals surface area contributed by atoms with Gasteiger partial charge in [0.2, 0.25) is 11.8 Å². The van der Waals surface area contributed by atoms with Crippen LogP contribution in [0, 0.1) is 10.1 Å². The number of nitrogens with zero attached hydrogens (tertiary/aromatic N) is 3. The van der Waals surface area contributed by atoms with E-state index in [0.717, 1.165) is 4.90 Å². The SMILES string of the molecule is CC1CC(=O)Nc2ccccc2N1C(=O)CN1C(=O)NC(C)(c2ccc([N+](=O)[O-])cc2)C1=O. The molecule has 170 valence electrons. The first kappa shape index (κ1) is 21.9. The lowest BCUT2D eigenvalue weighted by Crippen LogP contribution is -2.47. The number of nitro benzene ring substituents is 1. The number of urea groups is 1. The lowest BCUT2D eigenvalue weighted by atomic mass is 9.92. The van der Waals surface area contributed by atoms with Gasteiger partial charge in [0.25, 0.3) is 11.6 Å². The van der Waals surface area contributed by atoms with Gasteiger partial charge in [-0.3, -0.25) is 29.4 Å². The van der Waals surface area contributed by atoms with Crippen molar-refractivity contribution >= 4 is 40.8 Å². The summed E-state index contributed by atoms with van der Waals surface area (Å²) in [5.74, 6) is -1.42. The van der Waals surface area contributed by atoms with Crippen LogP contribution in [0.2, 0.25) is 0 Å². The summed E-state index contributed by atoms with van der Waals surface area (Å²) in [6.45, 7) is 2.66. The molecule has 2 unspecified atom stereocenters. The van der Waals surface area contributed by atoms with Crippen LogP contribution in [0.15, 0.2) is 48.5 Å². The maximum absolute atomic E-state index is 13.3. The van der Waals surface area contributed by atoms with Gasteiger partial charge in [-0.15, -0.1) is 0 Å². The van der Waals surface area contributed by atoms with E-state index in [1.54, 1.807) is 31.2 Å². The Labute approximate surface area is 188 Å². The van der Waals surface area contributed by atoms with E-state index in [9.17, 15) is 29.3 Å². The number of nitro groups is 1. The van der Waals surface area contributed by atoms with Gasteiger partial charge in [0.1, 0.15) is 12.1 Å². The normalized spacial score (nSPS) is 22.4. The highest BCUT2D eigenvalue weighted by Crippen LogP contribution is 2.33. The van der Waals surface area contributed by atoms with E-state index in [4.69, 9.17) is 0 Å². The van der Waals surface area contributed by atoms with Crippen molar-refractivity contribution in [1.82, 2.24) is 10.2 Å². The zero-order valence-electron chi connectivity index (χ0n) is 17.9. The highest BCUT2D eigenvalue weighted by atomic mass is 16.6. The minimum absolute atomic E-state index is 0.0566. The molecule has 11 nitrogen and oxygen atoms in total. The second-order valence-corrected chi connectivity index (χ2v) is 8.13. The van der Waals surface area contributed by atoms with Gasteiger partial charge in [-0.25, -0.2) is 4.79 Å². The zero-order valence-corrected chi connectivity index (χ0v) is 17.9. The standard InChI is InChI=1S/C22H21N5O6/c1-13-11-18(28)23-16-5-3-4-6-17(16)26(13)19(29)12-25-20(30)22(2,24-21(25)31)14-7-9-15(10-8-14)27(32)33/h3-10,13H,11-12H2,1-2H3,(H,23,28)(H,24,31). The molecule has 11 heteroatoms. The zero-order chi connectivity index (χ0) is 23.9. The number of non-ortho nitro benzene ring substituents is 1. The summed E-state index contributed by atoms with van der Waals surface area (Å²) in [5.41, 5.74) is -0.335. The number of rotatable bonds is 4. The van der Waals surface area contributed by atoms with E-state index in [2.05, 4.69) is 10.6 Å². The lowest BCUT2D eigenvalue weighted by Gasteiger charge is -2.29. The molecule has 0 spiro atoms. The fourth-order valence-electron chi connectivity index (χ4n) is 4.13. The van der Waals surface area contributed by atoms with E-state index in [0.29, 0.717) is 16.9 Å². The molecule has 2 aliphatic heterocycles. The fraction of sp³-hybridized carbons (Fsp3) is 0.273. The summed E-state index contributed by atoms with van der Waals surface area (Å²) < 4.78 is 0. The second-order valence-electron chi connectivity index (χ2n) is 8.13. The molecular weight excluding hydrogens is 430 g/mol. The third kappa shape index (κ3) is 3.77. The summed E-state index contributed by atoms with van der Waals surface area (Å²) in [6, 6.07) is 10.8. The highest BCUT2D eigenvalue weighted by Gasteiger charge is 2.50. The van der Waals surface area contributed by atoms with Crippen LogP contribution in [-0.2, 0) is 19.9 Å². The molecule has 0 saturated carbocycles. The van der Waals surface area contributed by atoms with Crippen molar-refractivity contribution in [3.63, 3.8) is 0 Å². The first-order valence-corrected chi connectivity index (χ1v) is 10.2. The van der Waals surface area contributed by atoms with Crippen molar-refractivity contribution in [2.75, 3.05) is 16.8 Å². The van der Waals surface area contributed by atoms with Crippen LogP contribution < -0.4 is 15.5 Å². The summed E-state index contributed by atoms with van der Waals surface area (Å²) >= 11 is 0. The Kier molecular flexibility index (Phi) is 5.32. The molecule has 2 N–H and O–H groups in total. The summed E-state index contributed by atoms with van der Waals surface area (Å²) in [5, 5.41) is 16.2. The average Bonchev–Trinajstić information content (AvgIpc) is 2.90. The molecule has 0 radical (unpaired) electrons. The van der Waals surface area contributed by atoms with Crippen molar-refractivity contribution < 1.29 is 24.1 Å². The Balaban J connectivity index is 1.60. The fourth-order valence-corrected chi connectivity index (χ4v) is 4.13. The smallest absolute Gasteiger partial charge is 0.324 e. The van der Waals surface area contributed by atoms with Crippen molar-refractivity contribution in [3.05, 3.63) is 64.2 Å². The molecule has 5 amide bonds. The number of amides is 5. The Morgan fingerprint density at radius 3 is 2.48 bits per heavy atom. The van der Waals surface area contributed by atoms with Crippen LogP contribution >= 0.6 is 0 Å². The summed E-state index contributed by atoms with van der Waals surface area (Å²) in [6.07, 6.45) is 0.0566. The molecule has 0 aromatic heterocycles. The quantitative estimate of drug-likeness (QED) is 0.414. The van der Waals surface area contributed by atoms with E-state index in [1.165, 1.54) is 36.1 Å². The second kappa shape index (κ2) is 8.01. The predicted molar refractivity (Wildman–Crippen MR) is 117 cm³/mol. The lowest BCUT2D eigenvalue weighted by molar-refractivity contribution is -0.384. The third-order valence-electron chi connectivity index (χ3n) is 5.85. The van der Waals surface area contributed by atoms with Gasteiger partial charge in [0, 0.05) is 24.6 Å². The largest absolute Gasteiger partial charge is 0.325 e. The number of imide groups is 1. The Morgan fingerprint density at radius 1 is 1.15 bits per heavy atom. The van der Waals surface area contributed by atoms with Crippen LogP contribution in [0.3, 0.4) is 0 Å². The Morgan fingerprint density at radius 2 is 1.82 bits per heavy atom. The average molecular weight is 451 g/mol. The molecule has 2 atom stereocenters. The Hall–Kier alpha value is -4.28. The number of carbonyl (C=O) groups is 4. The van der Waals surface area contributed by atoms with Gasteiger partial charge in [-0.2, -0.15) is 0 Å². The predicted octanol–water partition coefficient (Wildman–Crippen LogP) is 2.13. The minimum atomic E-state index is -1.48. The van der Waals surface area contributed by atoms with Gasteiger partial charge in [0.15, 0.2) is 0 Å². The molecule has 2 aromatic carbocycles. The van der Waals surface area contributed by atoms with Gasteiger partial charge in [0.05, 0.1) is 16.3 Å². The molecule has 0 aliphatic carbocycles. The van der Waals surface area contributed by atoms with Crippen molar-refractivity contribution in [2.24, 2.45) is 0 Å². The topological polar surface area (TPSA) is 142 Å². The van der Waals surface area contributed by atoms with Gasteiger partial charge in [-0.1, -0.05) is 12.1 Å². The molecule has 0 bridgehead atoms. The number of nitrogens with one attached hydrogen (secondary N) is 2. The van der Waals surface area contributed by atoms with Gasteiger partial charge < -0.3 is 15.5 Å². The van der Waals surface area contributed by atoms with Gasteiger partial charge in [-0.05, 0) is 43.7 Å². The number of benzene rings is 2. The summed E-state index contributed by atoms with van der Waals surface area (Å²) in [7, 11) is 0. The van der Waals surface area contributed by atoms with Crippen LogP contribution in [0.4, 0.5) is 21.9 Å². The maximum Gasteiger partial charge on any atom is 0.325 e. The van der Waals surface area contributed by atoms with E-state index in [1.807, 2.05) is 0 Å². The summed E-state index contributed by atoms with van der Waals surface area (Å²) in [4.78, 5) is 63.9. The maximum atomic E-state index is 13.3. The van der Waals surface area contributed by atoms with E-state index < -0.39 is 40.9 Å². The van der Waals surface area contributed by atoms with E-state index in [-0.39, 0.29) is 18.0 Å². The minimum Gasteiger partial charge on any atom is -0.324 e. The van der Waals surface area contributed by atoms with E-state index >= 15 is 0 Å². The van der Waals surface area contributed by atoms with Crippen LogP contribution in [0.1, 0.15) is 25.8 Å². The number of hydrogen-bond acceptors (Lipinski definition) is 6. The molecular formula is C22H21N5O6. The van der Waals surface area contributed by atoms with Crippen molar-refractivity contribution in [2.45, 2.75) is 31.8 Å². The monoisotopic (exact) mass is 451 g/mol. The molecule has 33 heavy (non-hydrogen) atoms. The number of carbonyl (C=O) groups excluding carboxylic acids is 4. The van der Waals surface area contributed by atoms with Crippen LogP contribution in [-0.4, -0.2) is 46.2 Å². The first-order chi connectivity index (χ1) is 15.6. The molecule has 1 fully saturated rings. The molecule has 2 heterocycles. The van der Waals surface area contributed by atoms with Crippen LogP contribution in [0.25, 0.3) is 0 Å². The molecule has 1 saturated heterocycles. The molecule has 4 rings (SSSR count). The highest BCUT2D eigenvalue weighted by molar-refractivity contribution is 6.12. The number of anilines is 2. The number of fused-ring (bicyclic) bond motifs is 1. The van der Waals surface area contributed by atoms with Crippen molar-refractivity contribution in [3.8, 4) is 0 Å². The van der Waals surface area contributed by atoms with Crippen LogP contribution in [0.5, 0.6) is 0 Å². The third-order valence-corrected chi connectivity index (χ3v) is 5.85.